The predicted octanol–water partition coefficient (Wildman–Crippen LogP) is 2.67. The van der Waals surface area contributed by atoms with Crippen molar-refractivity contribution < 1.29 is 9.53 Å². The Kier molecular flexibility index (Phi) is 4.75. The molecule has 1 atom stereocenters. The molecule has 0 aromatic heterocycles. The molecule has 1 saturated carbocycles. The molecule has 1 amide bonds. The van der Waals surface area contributed by atoms with Crippen LogP contribution in [-0.2, 0) is 9.53 Å². The Morgan fingerprint density at radius 1 is 1.35 bits per heavy atom. The molecular formula is C16H30N2O2. The standard InChI is InChI=1S/C16H30N2O2/c1-5-9-13-17-16(10-7-8-11-16)14(19)18(13)12-15(3,4)20-6-2/h13,17H,5-12H2,1-4H3. The van der Waals surface area contributed by atoms with E-state index in [1.165, 1.54) is 12.8 Å². The second kappa shape index (κ2) is 6.02. The Labute approximate surface area is 123 Å². The fourth-order valence-electron chi connectivity index (χ4n) is 3.74. The predicted molar refractivity (Wildman–Crippen MR) is 80.4 cm³/mol. The van der Waals surface area contributed by atoms with Gasteiger partial charge in [0.15, 0.2) is 0 Å². The summed E-state index contributed by atoms with van der Waals surface area (Å²) in [5.74, 6) is 0.307. The van der Waals surface area contributed by atoms with E-state index in [4.69, 9.17) is 4.74 Å². The number of nitrogens with one attached hydrogen (secondary N) is 1. The maximum absolute atomic E-state index is 12.9. The first-order valence-corrected chi connectivity index (χ1v) is 8.17. The Hall–Kier alpha value is -0.610. The van der Waals surface area contributed by atoms with Crippen molar-refractivity contribution in [3.05, 3.63) is 0 Å². The molecule has 1 spiro atoms. The van der Waals surface area contributed by atoms with Gasteiger partial charge in [-0.05, 0) is 40.0 Å². The van der Waals surface area contributed by atoms with Gasteiger partial charge in [-0.3, -0.25) is 10.1 Å². The van der Waals surface area contributed by atoms with Crippen molar-refractivity contribution in [2.24, 2.45) is 0 Å². The third-order valence-corrected chi connectivity index (χ3v) is 4.59. The van der Waals surface area contributed by atoms with Gasteiger partial charge in [0.2, 0.25) is 5.91 Å². The molecule has 1 aliphatic carbocycles. The van der Waals surface area contributed by atoms with Crippen molar-refractivity contribution in [1.29, 1.82) is 0 Å². The summed E-state index contributed by atoms with van der Waals surface area (Å²) in [4.78, 5) is 15.0. The molecule has 1 heterocycles. The molecule has 4 heteroatoms. The molecule has 2 aliphatic rings. The molecule has 1 aliphatic heterocycles. The van der Waals surface area contributed by atoms with Gasteiger partial charge < -0.3 is 9.64 Å². The average Bonchev–Trinajstić information content (AvgIpc) is 2.92. The van der Waals surface area contributed by atoms with E-state index in [1.54, 1.807) is 0 Å². The lowest BCUT2D eigenvalue weighted by atomic mass is 9.97. The summed E-state index contributed by atoms with van der Waals surface area (Å²) in [7, 11) is 0. The molecule has 0 aromatic carbocycles. The third kappa shape index (κ3) is 3.01. The van der Waals surface area contributed by atoms with Crippen molar-refractivity contribution in [2.75, 3.05) is 13.2 Å². The SMILES string of the molecule is CCCC1NC2(CCCC2)C(=O)N1CC(C)(C)OCC. The summed E-state index contributed by atoms with van der Waals surface area (Å²) >= 11 is 0. The topological polar surface area (TPSA) is 41.6 Å². The minimum Gasteiger partial charge on any atom is -0.374 e. The lowest BCUT2D eigenvalue weighted by molar-refractivity contribution is -0.137. The quantitative estimate of drug-likeness (QED) is 0.814. The maximum Gasteiger partial charge on any atom is 0.244 e. The zero-order valence-corrected chi connectivity index (χ0v) is 13.5. The largest absolute Gasteiger partial charge is 0.374 e. The highest BCUT2D eigenvalue weighted by Gasteiger charge is 2.52. The van der Waals surface area contributed by atoms with E-state index in [0.29, 0.717) is 19.1 Å². The molecule has 20 heavy (non-hydrogen) atoms. The maximum atomic E-state index is 12.9. The van der Waals surface area contributed by atoms with Crippen molar-refractivity contribution in [3.8, 4) is 0 Å². The molecule has 0 bridgehead atoms. The van der Waals surface area contributed by atoms with Gasteiger partial charge in [0.05, 0.1) is 23.9 Å². The summed E-state index contributed by atoms with van der Waals surface area (Å²) in [6.45, 7) is 9.70. The van der Waals surface area contributed by atoms with Crippen LogP contribution in [-0.4, -0.2) is 41.3 Å². The van der Waals surface area contributed by atoms with Gasteiger partial charge in [-0.15, -0.1) is 0 Å². The van der Waals surface area contributed by atoms with Gasteiger partial charge in [0, 0.05) is 6.61 Å². The van der Waals surface area contributed by atoms with E-state index in [-0.39, 0.29) is 17.3 Å². The first kappa shape index (κ1) is 15.8. The lowest BCUT2D eigenvalue weighted by Gasteiger charge is -2.33. The Morgan fingerprint density at radius 3 is 2.55 bits per heavy atom. The second-order valence-corrected chi connectivity index (χ2v) is 6.86. The van der Waals surface area contributed by atoms with Crippen molar-refractivity contribution in [1.82, 2.24) is 10.2 Å². The molecule has 1 saturated heterocycles. The van der Waals surface area contributed by atoms with E-state index in [2.05, 4.69) is 26.1 Å². The molecule has 2 rings (SSSR count). The van der Waals surface area contributed by atoms with Crippen LogP contribution in [0.15, 0.2) is 0 Å². The monoisotopic (exact) mass is 282 g/mol. The zero-order valence-electron chi connectivity index (χ0n) is 13.5. The molecule has 0 aromatic rings. The summed E-state index contributed by atoms with van der Waals surface area (Å²) in [6.07, 6.45) is 6.63. The van der Waals surface area contributed by atoms with Crippen LogP contribution in [0.25, 0.3) is 0 Å². The summed E-state index contributed by atoms with van der Waals surface area (Å²) in [5, 5.41) is 3.65. The van der Waals surface area contributed by atoms with Crippen LogP contribution < -0.4 is 5.32 Å². The van der Waals surface area contributed by atoms with Crippen molar-refractivity contribution in [2.45, 2.75) is 83.5 Å². The van der Waals surface area contributed by atoms with Gasteiger partial charge in [-0.2, -0.15) is 0 Å². The molecular weight excluding hydrogens is 252 g/mol. The van der Waals surface area contributed by atoms with Crippen LogP contribution in [0.3, 0.4) is 0 Å². The van der Waals surface area contributed by atoms with Gasteiger partial charge in [0.1, 0.15) is 0 Å². The van der Waals surface area contributed by atoms with Crippen molar-refractivity contribution >= 4 is 5.91 Å². The smallest absolute Gasteiger partial charge is 0.244 e. The van der Waals surface area contributed by atoms with Gasteiger partial charge in [0.25, 0.3) is 0 Å². The van der Waals surface area contributed by atoms with Crippen molar-refractivity contribution in [3.63, 3.8) is 0 Å². The minimum atomic E-state index is -0.276. The highest BCUT2D eigenvalue weighted by Crippen LogP contribution is 2.37. The fourth-order valence-corrected chi connectivity index (χ4v) is 3.74. The van der Waals surface area contributed by atoms with Crippen LogP contribution in [0.1, 0.15) is 66.2 Å². The van der Waals surface area contributed by atoms with Gasteiger partial charge >= 0.3 is 0 Å². The molecule has 4 nitrogen and oxygen atoms in total. The number of carbonyl (C=O) groups is 1. The van der Waals surface area contributed by atoms with Gasteiger partial charge in [-0.25, -0.2) is 0 Å². The highest BCUT2D eigenvalue weighted by atomic mass is 16.5. The Bertz CT molecular complexity index is 348. The lowest BCUT2D eigenvalue weighted by Crippen LogP contribution is -2.47. The molecule has 116 valence electrons. The third-order valence-electron chi connectivity index (χ3n) is 4.59. The van der Waals surface area contributed by atoms with Crippen LogP contribution in [0.4, 0.5) is 0 Å². The number of amides is 1. The van der Waals surface area contributed by atoms with Crippen LogP contribution in [0, 0.1) is 0 Å². The molecule has 1 N–H and O–H groups in total. The van der Waals surface area contributed by atoms with E-state index >= 15 is 0 Å². The number of nitrogens with zero attached hydrogens (tertiary/aromatic N) is 1. The highest BCUT2D eigenvalue weighted by molar-refractivity contribution is 5.89. The first-order chi connectivity index (χ1) is 9.44. The number of hydrogen-bond acceptors (Lipinski definition) is 3. The van der Waals surface area contributed by atoms with E-state index in [1.807, 2.05) is 11.8 Å². The van der Waals surface area contributed by atoms with Crippen LogP contribution in [0.5, 0.6) is 0 Å². The zero-order chi connectivity index (χ0) is 14.8. The first-order valence-electron chi connectivity index (χ1n) is 8.17. The minimum absolute atomic E-state index is 0.185. The molecule has 2 fully saturated rings. The van der Waals surface area contributed by atoms with E-state index in [0.717, 1.165) is 25.7 Å². The summed E-state index contributed by atoms with van der Waals surface area (Å²) in [6, 6.07) is 0. The summed E-state index contributed by atoms with van der Waals surface area (Å²) in [5.41, 5.74) is -0.537. The van der Waals surface area contributed by atoms with E-state index < -0.39 is 0 Å². The normalized spacial score (nSPS) is 25.9. The summed E-state index contributed by atoms with van der Waals surface area (Å²) < 4.78 is 5.80. The number of ether oxygens (including phenoxy) is 1. The van der Waals surface area contributed by atoms with Crippen LogP contribution in [0.2, 0.25) is 0 Å². The second-order valence-electron chi connectivity index (χ2n) is 6.86. The Morgan fingerprint density at radius 2 is 2.00 bits per heavy atom. The van der Waals surface area contributed by atoms with E-state index in [9.17, 15) is 4.79 Å². The number of carbonyl (C=O) groups excluding carboxylic acids is 1. The molecule has 0 radical (unpaired) electrons. The molecule has 1 unspecified atom stereocenters. The average molecular weight is 282 g/mol. The number of hydrogen-bond donors (Lipinski definition) is 1. The van der Waals surface area contributed by atoms with Crippen LogP contribution >= 0.6 is 0 Å². The fraction of sp³-hybridized carbons (Fsp3) is 0.938. The number of rotatable bonds is 6. The Balaban J connectivity index is 2.13. The van der Waals surface area contributed by atoms with Gasteiger partial charge in [-0.1, -0.05) is 26.2 Å².